The van der Waals surface area contributed by atoms with Gasteiger partial charge in [0.15, 0.2) is 0 Å². The summed E-state index contributed by atoms with van der Waals surface area (Å²) in [6, 6.07) is 13.2. The Bertz CT molecular complexity index is 898. The van der Waals surface area contributed by atoms with Gasteiger partial charge in [-0.15, -0.1) is 12.4 Å². The van der Waals surface area contributed by atoms with Gasteiger partial charge in [0.2, 0.25) is 0 Å². The Morgan fingerprint density at radius 1 is 1.16 bits per heavy atom. The van der Waals surface area contributed by atoms with Gasteiger partial charge in [0.1, 0.15) is 5.82 Å². The average Bonchev–Trinajstić information content (AvgIpc) is 2.56. The summed E-state index contributed by atoms with van der Waals surface area (Å²) in [5.74, 6) is -0.659. The average molecular weight is 361 g/mol. The van der Waals surface area contributed by atoms with E-state index in [-0.39, 0.29) is 24.2 Å². The number of hydrogen-bond acceptors (Lipinski definition) is 4. The molecule has 6 heteroatoms. The summed E-state index contributed by atoms with van der Waals surface area (Å²) in [5.41, 5.74) is 3.64. The minimum atomic E-state index is -0.368. The van der Waals surface area contributed by atoms with Gasteiger partial charge in [-0.05, 0) is 62.4 Å². The number of aryl methyl sites for hydroxylation is 1. The number of ether oxygens (including phenoxy) is 1. The lowest BCUT2D eigenvalue weighted by molar-refractivity contribution is 0.0526. The van der Waals surface area contributed by atoms with E-state index < -0.39 is 0 Å². The Kier molecular flexibility index (Phi) is 5.93. The van der Waals surface area contributed by atoms with E-state index in [1.165, 1.54) is 12.1 Å². The van der Waals surface area contributed by atoms with Crippen molar-refractivity contribution in [3.63, 3.8) is 0 Å². The van der Waals surface area contributed by atoms with Crippen LogP contribution in [-0.2, 0) is 4.74 Å². The van der Waals surface area contributed by atoms with Crippen LogP contribution in [0.2, 0.25) is 0 Å². The molecule has 0 saturated carbocycles. The summed E-state index contributed by atoms with van der Waals surface area (Å²) >= 11 is 0. The number of benzene rings is 2. The number of rotatable bonds is 4. The molecule has 0 aliphatic rings. The van der Waals surface area contributed by atoms with Crippen LogP contribution < -0.4 is 5.32 Å². The number of pyridine rings is 1. The summed E-state index contributed by atoms with van der Waals surface area (Å²) in [6.45, 7) is 3.99. The Balaban J connectivity index is 0.00000225. The van der Waals surface area contributed by atoms with E-state index in [1.54, 1.807) is 37.3 Å². The molecule has 0 radical (unpaired) electrons. The number of anilines is 2. The highest BCUT2D eigenvalue weighted by Crippen LogP contribution is 2.27. The molecule has 4 nitrogen and oxygen atoms in total. The van der Waals surface area contributed by atoms with E-state index in [4.69, 9.17) is 4.74 Å². The van der Waals surface area contributed by atoms with Crippen molar-refractivity contribution in [2.24, 2.45) is 0 Å². The van der Waals surface area contributed by atoms with Gasteiger partial charge in [-0.1, -0.05) is 0 Å². The van der Waals surface area contributed by atoms with Crippen LogP contribution in [0.25, 0.3) is 10.9 Å². The highest BCUT2D eigenvalue weighted by atomic mass is 35.5. The maximum Gasteiger partial charge on any atom is 0.338 e. The van der Waals surface area contributed by atoms with Crippen LogP contribution in [0.5, 0.6) is 0 Å². The second kappa shape index (κ2) is 7.94. The first-order valence-corrected chi connectivity index (χ1v) is 7.68. The molecule has 0 aliphatic heterocycles. The van der Waals surface area contributed by atoms with Crippen LogP contribution >= 0.6 is 12.4 Å². The molecular weight excluding hydrogens is 343 g/mol. The zero-order valence-corrected chi connectivity index (χ0v) is 14.7. The lowest BCUT2D eigenvalue weighted by atomic mass is 10.1. The van der Waals surface area contributed by atoms with Crippen molar-refractivity contribution in [3.05, 3.63) is 65.6 Å². The fraction of sp³-hybridized carbons (Fsp3) is 0.158. The maximum absolute atomic E-state index is 13.1. The third-order valence-corrected chi connectivity index (χ3v) is 3.57. The van der Waals surface area contributed by atoms with Gasteiger partial charge in [0.25, 0.3) is 0 Å². The zero-order valence-electron chi connectivity index (χ0n) is 13.9. The lowest BCUT2D eigenvalue weighted by Crippen LogP contribution is -2.05. The molecule has 3 aromatic rings. The van der Waals surface area contributed by atoms with Crippen LogP contribution in [0.3, 0.4) is 0 Å². The van der Waals surface area contributed by atoms with E-state index in [0.29, 0.717) is 12.2 Å². The summed E-state index contributed by atoms with van der Waals surface area (Å²) < 4.78 is 18.1. The third kappa shape index (κ3) is 4.25. The van der Waals surface area contributed by atoms with Crippen LogP contribution in [0.15, 0.2) is 48.5 Å². The number of halogens is 2. The van der Waals surface area contributed by atoms with Gasteiger partial charge in [-0.2, -0.15) is 0 Å². The maximum atomic E-state index is 13.1. The Morgan fingerprint density at radius 3 is 2.56 bits per heavy atom. The van der Waals surface area contributed by atoms with Crippen molar-refractivity contribution in [1.29, 1.82) is 0 Å². The minimum absolute atomic E-state index is 0. The third-order valence-electron chi connectivity index (χ3n) is 3.57. The first kappa shape index (κ1) is 18.7. The molecule has 3 rings (SSSR count). The molecule has 25 heavy (non-hydrogen) atoms. The number of hydrogen-bond donors (Lipinski definition) is 1. The number of aromatic nitrogens is 1. The highest BCUT2D eigenvalue weighted by Gasteiger charge is 2.11. The summed E-state index contributed by atoms with van der Waals surface area (Å²) in [6.07, 6.45) is 0. The second-order valence-corrected chi connectivity index (χ2v) is 5.40. The molecule has 0 atom stereocenters. The fourth-order valence-electron chi connectivity index (χ4n) is 2.49. The molecule has 0 saturated heterocycles. The predicted octanol–water partition coefficient (Wildman–Crippen LogP) is 5.02. The van der Waals surface area contributed by atoms with Crippen molar-refractivity contribution < 1.29 is 13.9 Å². The predicted molar refractivity (Wildman–Crippen MR) is 99.4 cm³/mol. The Morgan fingerprint density at radius 2 is 1.88 bits per heavy atom. The minimum Gasteiger partial charge on any atom is -0.462 e. The van der Waals surface area contributed by atoms with Crippen molar-refractivity contribution in [1.82, 2.24) is 4.98 Å². The molecule has 0 amide bonds. The van der Waals surface area contributed by atoms with Crippen LogP contribution in [0.1, 0.15) is 23.0 Å². The van der Waals surface area contributed by atoms with Crippen molar-refractivity contribution in [2.75, 3.05) is 11.9 Å². The lowest BCUT2D eigenvalue weighted by Gasteiger charge is -2.12. The quantitative estimate of drug-likeness (QED) is 0.663. The van der Waals surface area contributed by atoms with Crippen molar-refractivity contribution in [2.45, 2.75) is 13.8 Å². The van der Waals surface area contributed by atoms with E-state index >= 15 is 0 Å². The van der Waals surface area contributed by atoms with Gasteiger partial charge in [0, 0.05) is 22.5 Å². The van der Waals surface area contributed by atoms with Crippen molar-refractivity contribution >= 4 is 40.7 Å². The molecule has 0 aliphatic carbocycles. The SMILES string of the molecule is CCOC(=O)c1ccc2nc(C)cc(Nc3ccc(F)cc3)c2c1.Cl. The fourth-order valence-corrected chi connectivity index (χ4v) is 2.49. The largest absolute Gasteiger partial charge is 0.462 e. The number of fused-ring (bicyclic) bond motifs is 1. The normalized spacial score (nSPS) is 10.2. The van der Waals surface area contributed by atoms with Crippen LogP contribution in [0.4, 0.5) is 15.8 Å². The molecular formula is C19H18ClFN2O2. The first-order valence-electron chi connectivity index (χ1n) is 7.68. The summed E-state index contributed by atoms with van der Waals surface area (Å²) in [5, 5.41) is 4.06. The van der Waals surface area contributed by atoms with Gasteiger partial charge < -0.3 is 10.1 Å². The summed E-state index contributed by atoms with van der Waals surface area (Å²) in [7, 11) is 0. The molecule has 1 N–H and O–H groups in total. The number of nitrogens with one attached hydrogen (secondary N) is 1. The smallest absolute Gasteiger partial charge is 0.338 e. The second-order valence-electron chi connectivity index (χ2n) is 5.40. The van der Waals surface area contributed by atoms with Gasteiger partial charge in [-0.25, -0.2) is 9.18 Å². The van der Waals surface area contributed by atoms with E-state index in [2.05, 4.69) is 10.3 Å². The number of carbonyl (C=O) groups is 1. The molecule has 0 unspecified atom stereocenters. The number of nitrogens with zero attached hydrogens (tertiary/aromatic N) is 1. The molecule has 2 aromatic carbocycles. The van der Waals surface area contributed by atoms with Crippen molar-refractivity contribution in [3.8, 4) is 0 Å². The highest BCUT2D eigenvalue weighted by molar-refractivity contribution is 5.99. The first-order chi connectivity index (χ1) is 11.6. The molecule has 130 valence electrons. The Labute approximate surface area is 151 Å². The van der Waals surface area contributed by atoms with E-state index in [1.807, 2.05) is 13.0 Å². The molecule has 0 bridgehead atoms. The van der Waals surface area contributed by atoms with Gasteiger partial charge >= 0.3 is 5.97 Å². The zero-order chi connectivity index (χ0) is 17.1. The van der Waals surface area contributed by atoms with Gasteiger partial charge in [0.05, 0.1) is 17.7 Å². The molecule has 1 heterocycles. The van der Waals surface area contributed by atoms with Gasteiger partial charge in [-0.3, -0.25) is 4.98 Å². The molecule has 0 spiro atoms. The monoisotopic (exact) mass is 360 g/mol. The Hall–Kier alpha value is -2.66. The number of esters is 1. The topological polar surface area (TPSA) is 51.2 Å². The van der Waals surface area contributed by atoms with Crippen LogP contribution in [-0.4, -0.2) is 17.6 Å². The van der Waals surface area contributed by atoms with Crippen LogP contribution in [0, 0.1) is 12.7 Å². The number of carbonyl (C=O) groups excluding carboxylic acids is 1. The molecule has 1 aromatic heterocycles. The van der Waals surface area contributed by atoms with E-state index in [9.17, 15) is 9.18 Å². The summed E-state index contributed by atoms with van der Waals surface area (Å²) in [4.78, 5) is 16.4. The molecule has 0 fully saturated rings. The van der Waals surface area contributed by atoms with E-state index in [0.717, 1.165) is 28.0 Å². The standard InChI is InChI=1S/C19H17FN2O2.ClH/c1-3-24-19(23)13-4-9-17-16(11-13)18(10-12(2)21-17)22-15-7-5-14(20)6-8-15;/h4-11H,3H2,1-2H3,(H,21,22);1H.